The molecule has 1 rings (SSSR count). The van der Waals surface area contributed by atoms with Crippen LogP contribution in [0.1, 0.15) is 34.1 Å². The number of allylic oxidation sites excluding steroid dienone is 2. The van der Waals surface area contributed by atoms with Gasteiger partial charge in [-0.15, -0.1) is 0 Å². The van der Waals surface area contributed by atoms with Gasteiger partial charge < -0.3 is 0 Å². The molecule has 0 saturated carbocycles. The van der Waals surface area contributed by atoms with Crippen LogP contribution in [0.25, 0.3) is 0 Å². The van der Waals surface area contributed by atoms with Gasteiger partial charge in [-0.2, -0.15) is 0 Å². The van der Waals surface area contributed by atoms with Gasteiger partial charge >= 0.3 is 0 Å². The second-order valence-corrected chi connectivity index (χ2v) is 4.68. The molecule has 1 aliphatic heterocycles. The minimum Gasteiger partial charge on any atom is -0.294 e. The first-order chi connectivity index (χ1) is 7.02. The largest absolute Gasteiger partial charge is 0.294 e. The molecular weight excluding hydrogens is 182 g/mol. The molecule has 1 unspecified atom stereocenters. The average molecular weight is 205 g/mol. The van der Waals surface area contributed by atoms with Gasteiger partial charge in [-0.3, -0.25) is 4.90 Å². The van der Waals surface area contributed by atoms with Crippen LogP contribution in [-0.2, 0) is 0 Å². The zero-order valence-electron chi connectivity index (χ0n) is 10.5. The van der Waals surface area contributed by atoms with E-state index in [1.165, 1.54) is 18.5 Å². The van der Waals surface area contributed by atoms with Crippen molar-refractivity contribution in [1.29, 1.82) is 0 Å². The van der Waals surface area contributed by atoms with Crippen molar-refractivity contribution in [2.45, 2.75) is 46.2 Å². The summed E-state index contributed by atoms with van der Waals surface area (Å²) in [6.45, 7) is 13.9. The highest BCUT2D eigenvalue weighted by molar-refractivity contribution is 5.30. The predicted octanol–water partition coefficient (Wildman–Crippen LogP) is 3.55. The molecule has 1 atom stereocenters. The summed E-state index contributed by atoms with van der Waals surface area (Å²) in [6.07, 6.45) is 7.83. The number of nitrogens with zero attached hydrogens (tertiary/aromatic N) is 1. The Bertz CT molecular complexity index is 284. The lowest BCUT2D eigenvalue weighted by Gasteiger charge is -2.36. The molecule has 0 bridgehead atoms. The van der Waals surface area contributed by atoms with E-state index in [9.17, 15) is 0 Å². The summed E-state index contributed by atoms with van der Waals surface area (Å²) < 4.78 is 0. The van der Waals surface area contributed by atoms with Crippen molar-refractivity contribution >= 4 is 0 Å². The summed E-state index contributed by atoms with van der Waals surface area (Å²) in [5.74, 6) is 0. The predicted molar refractivity (Wildman–Crippen MR) is 68.0 cm³/mol. The second kappa shape index (κ2) is 5.32. The van der Waals surface area contributed by atoms with Gasteiger partial charge in [0.25, 0.3) is 0 Å². The van der Waals surface area contributed by atoms with Crippen molar-refractivity contribution in [2.24, 2.45) is 0 Å². The van der Waals surface area contributed by atoms with E-state index in [1.807, 2.05) is 6.92 Å². The Kier molecular flexibility index (Phi) is 4.34. The normalized spacial score (nSPS) is 23.5. The van der Waals surface area contributed by atoms with Crippen LogP contribution in [0, 0.1) is 0 Å². The monoisotopic (exact) mass is 205 g/mol. The third-order valence-electron chi connectivity index (χ3n) is 2.97. The van der Waals surface area contributed by atoms with Crippen LogP contribution in [0.5, 0.6) is 0 Å². The fraction of sp³-hybridized carbons (Fsp3) is 0.571. The highest BCUT2D eigenvalue weighted by Crippen LogP contribution is 2.21. The molecule has 0 aliphatic carbocycles. The van der Waals surface area contributed by atoms with Crippen molar-refractivity contribution in [3.63, 3.8) is 0 Å². The molecule has 1 aliphatic rings. The molecule has 1 heterocycles. The first-order valence-corrected chi connectivity index (χ1v) is 5.81. The van der Waals surface area contributed by atoms with Gasteiger partial charge in [0.05, 0.1) is 0 Å². The fourth-order valence-electron chi connectivity index (χ4n) is 2.09. The average Bonchev–Trinajstić information content (AvgIpc) is 2.15. The lowest BCUT2D eigenvalue weighted by Crippen LogP contribution is -2.42. The molecule has 0 N–H and O–H groups in total. The quantitative estimate of drug-likeness (QED) is 0.637. The minimum atomic E-state index is 0.536. The number of rotatable bonds is 3. The summed E-state index contributed by atoms with van der Waals surface area (Å²) in [5, 5.41) is 0. The topological polar surface area (TPSA) is 3.24 Å². The zero-order valence-corrected chi connectivity index (χ0v) is 10.5. The Labute approximate surface area is 94.2 Å². The van der Waals surface area contributed by atoms with E-state index >= 15 is 0 Å². The second-order valence-electron chi connectivity index (χ2n) is 4.68. The van der Waals surface area contributed by atoms with Gasteiger partial charge in [0.1, 0.15) is 0 Å². The van der Waals surface area contributed by atoms with Crippen molar-refractivity contribution in [1.82, 2.24) is 4.90 Å². The van der Waals surface area contributed by atoms with E-state index in [0.29, 0.717) is 12.1 Å². The maximum Gasteiger partial charge on any atom is 0.0319 e. The molecule has 0 fully saturated rings. The fourth-order valence-corrected chi connectivity index (χ4v) is 2.09. The van der Waals surface area contributed by atoms with E-state index in [2.05, 4.69) is 50.5 Å². The lowest BCUT2D eigenvalue weighted by molar-refractivity contribution is 0.181. The van der Waals surface area contributed by atoms with Crippen LogP contribution in [-0.4, -0.2) is 23.5 Å². The number of hydrogen-bond donors (Lipinski definition) is 0. The molecule has 84 valence electrons. The molecule has 1 nitrogen and oxygen atoms in total. The Morgan fingerprint density at radius 1 is 1.60 bits per heavy atom. The van der Waals surface area contributed by atoms with Crippen LogP contribution in [0.15, 0.2) is 36.0 Å². The van der Waals surface area contributed by atoms with Gasteiger partial charge in [0.15, 0.2) is 0 Å². The van der Waals surface area contributed by atoms with Crippen LogP contribution in [0.2, 0.25) is 0 Å². The van der Waals surface area contributed by atoms with E-state index in [4.69, 9.17) is 0 Å². The maximum absolute atomic E-state index is 3.89. The van der Waals surface area contributed by atoms with Crippen molar-refractivity contribution < 1.29 is 0 Å². The Morgan fingerprint density at radius 2 is 2.27 bits per heavy atom. The van der Waals surface area contributed by atoms with Crippen LogP contribution in [0.3, 0.4) is 0 Å². The molecule has 0 radical (unpaired) electrons. The van der Waals surface area contributed by atoms with E-state index in [0.717, 1.165) is 5.57 Å². The standard InChI is InChI=1S/C14H23N/c1-11(2)8-9-14-7-6-10-15(12(3)4)13(14)5/h7-9,12-13H,1,6,10H2,2-5H3/b9-8-. The molecule has 0 amide bonds. The van der Waals surface area contributed by atoms with Crippen LogP contribution in [0.4, 0.5) is 0 Å². The van der Waals surface area contributed by atoms with E-state index in [1.54, 1.807) is 0 Å². The van der Waals surface area contributed by atoms with E-state index < -0.39 is 0 Å². The van der Waals surface area contributed by atoms with Crippen molar-refractivity contribution in [3.8, 4) is 0 Å². The highest BCUT2D eigenvalue weighted by atomic mass is 15.2. The summed E-state index contributed by atoms with van der Waals surface area (Å²) >= 11 is 0. The zero-order chi connectivity index (χ0) is 11.4. The molecular formula is C14H23N. The molecule has 0 saturated heterocycles. The third kappa shape index (κ3) is 3.35. The summed E-state index contributed by atoms with van der Waals surface area (Å²) in [5.41, 5.74) is 2.54. The van der Waals surface area contributed by atoms with Crippen molar-refractivity contribution in [3.05, 3.63) is 36.0 Å². The lowest BCUT2D eigenvalue weighted by atomic mass is 9.99. The van der Waals surface area contributed by atoms with Gasteiger partial charge in [-0.25, -0.2) is 0 Å². The molecule has 0 aromatic rings. The highest BCUT2D eigenvalue weighted by Gasteiger charge is 2.21. The molecule has 1 heteroatoms. The molecule has 0 aromatic heterocycles. The smallest absolute Gasteiger partial charge is 0.0319 e. The van der Waals surface area contributed by atoms with Crippen molar-refractivity contribution in [2.75, 3.05) is 6.54 Å². The SMILES string of the molecule is C=C(C)/C=C\C1=CCCN(C(C)C)C1C. The van der Waals surface area contributed by atoms with Gasteiger partial charge in [-0.1, -0.05) is 30.4 Å². The Morgan fingerprint density at radius 3 is 2.80 bits per heavy atom. The van der Waals surface area contributed by atoms with E-state index in [-0.39, 0.29) is 0 Å². The Hall–Kier alpha value is -0.820. The van der Waals surface area contributed by atoms with Crippen LogP contribution < -0.4 is 0 Å². The van der Waals surface area contributed by atoms with Gasteiger partial charge in [0.2, 0.25) is 0 Å². The molecule has 15 heavy (non-hydrogen) atoms. The number of hydrogen-bond acceptors (Lipinski definition) is 1. The Balaban J connectivity index is 2.73. The van der Waals surface area contributed by atoms with Gasteiger partial charge in [-0.05, 0) is 39.7 Å². The summed E-state index contributed by atoms with van der Waals surface area (Å²) in [7, 11) is 0. The minimum absolute atomic E-state index is 0.536. The first kappa shape index (κ1) is 12.3. The first-order valence-electron chi connectivity index (χ1n) is 5.81. The maximum atomic E-state index is 3.89. The molecule has 0 aromatic carbocycles. The van der Waals surface area contributed by atoms with Gasteiger partial charge in [0, 0.05) is 18.6 Å². The molecule has 0 spiro atoms. The third-order valence-corrected chi connectivity index (χ3v) is 2.97. The van der Waals surface area contributed by atoms with Crippen LogP contribution >= 0.6 is 0 Å². The summed E-state index contributed by atoms with van der Waals surface area (Å²) in [4.78, 5) is 2.54. The summed E-state index contributed by atoms with van der Waals surface area (Å²) in [6, 6.07) is 1.16.